The van der Waals surface area contributed by atoms with Crippen LogP contribution >= 0.6 is 0 Å². The summed E-state index contributed by atoms with van der Waals surface area (Å²) in [5.41, 5.74) is 2.32. The van der Waals surface area contributed by atoms with Gasteiger partial charge >= 0.3 is 0 Å². The first-order valence-electron chi connectivity index (χ1n) is 7.29. The molecule has 0 saturated carbocycles. The Morgan fingerprint density at radius 2 is 1.77 bits per heavy atom. The van der Waals surface area contributed by atoms with Gasteiger partial charge in [-0.1, -0.05) is 37.3 Å². The van der Waals surface area contributed by atoms with Gasteiger partial charge in [-0.2, -0.15) is 0 Å². The molecule has 0 bridgehead atoms. The molecule has 0 radical (unpaired) electrons. The SMILES string of the molecule is CCc1ccc(C(=O)CCC(=O)Nc2cccc(O)c2)cc1. The van der Waals surface area contributed by atoms with Crippen molar-refractivity contribution < 1.29 is 14.7 Å². The van der Waals surface area contributed by atoms with Crippen molar-refractivity contribution in [3.8, 4) is 5.75 Å². The second-order valence-corrected chi connectivity index (χ2v) is 5.07. The van der Waals surface area contributed by atoms with Crippen molar-refractivity contribution in [1.29, 1.82) is 0 Å². The molecule has 2 aromatic rings. The monoisotopic (exact) mass is 297 g/mol. The van der Waals surface area contributed by atoms with E-state index >= 15 is 0 Å². The molecule has 0 atom stereocenters. The van der Waals surface area contributed by atoms with Crippen LogP contribution in [0.5, 0.6) is 5.75 Å². The van der Waals surface area contributed by atoms with Gasteiger partial charge in [-0.05, 0) is 24.1 Å². The summed E-state index contributed by atoms with van der Waals surface area (Å²) in [5, 5.41) is 12.0. The Morgan fingerprint density at radius 1 is 1.05 bits per heavy atom. The predicted octanol–water partition coefficient (Wildman–Crippen LogP) is 3.56. The zero-order chi connectivity index (χ0) is 15.9. The quantitative estimate of drug-likeness (QED) is 0.801. The van der Waals surface area contributed by atoms with E-state index in [0.29, 0.717) is 11.3 Å². The van der Waals surface area contributed by atoms with Crippen molar-refractivity contribution >= 4 is 17.4 Å². The fourth-order valence-electron chi connectivity index (χ4n) is 2.10. The molecule has 2 aromatic carbocycles. The first-order valence-corrected chi connectivity index (χ1v) is 7.29. The molecular weight excluding hydrogens is 278 g/mol. The lowest BCUT2D eigenvalue weighted by molar-refractivity contribution is -0.116. The number of nitrogens with one attached hydrogen (secondary N) is 1. The van der Waals surface area contributed by atoms with Gasteiger partial charge < -0.3 is 10.4 Å². The Kier molecular flexibility index (Phi) is 5.31. The minimum Gasteiger partial charge on any atom is -0.508 e. The lowest BCUT2D eigenvalue weighted by Crippen LogP contribution is -2.13. The van der Waals surface area contributed by atoms with Crippen LogP contribution in [0.1, 0.15) is 35.7 Å². The molecule has 22 heavy (non-hydrogen) atoms. The molecule has 1 amide bonds. The van der Waals surface area contributed by atoms with Crippen LogP contribution in [0.15, 0.2) is 48.5 Å². The summed E-state index contributed by atoms with van der Waals surface area (Å²) >= 11 is 0. The van der Waals surface area contributed by atoms with E-state index in [2.05, 4.69) is 12.2 Å². The lowest BCUT2D eigenvalue weighted by atomic mass is 10.0. The van der Waals surface area contributed by atoms with E-state index in [-0.39, 0.29) is 30.3 Å². The van der Waals surface area contributed by atoms with Crippen LogP contribution < -0.4 is 5.32 Å². The Bertz CT molecular complexity index is 662. The molecule has 0 aromatic heterocycles. The van der Waals surface area contributed by atoms with Crippen molar-refractivity contribution in [1.82, 2.24) is 0 Å². The molecule has 2 rings (SSSR count). The third-order valence-electron chi connectivity index (χ3n) is 3.39. The molecule has 0 saturated heterocycles. The molecule has 4 heteroatoms. The highest BCUT2D eigenvalue weighted by atomic mass is 16.3. The molecule has 4 nitrogen and oxygen atoms in total. The smallest absolute Gasteiger partial charge is 0.224 e. The number of phenolic OH excluding ortho intramolecular Hbond substituents is 1. The van der Waals surface area contributed by atoms with Crippen LogP contribution in [0.25, 0.3) is 0 Å². The number of carbonyl (C=O) groups is 2. The summed E-state index contributed by atoms with van der Waals surface area (Å²) in [6.45, 7) is 2.06. The van der Waals surface area contributed by atoms with Crippen molar-refractivity contribution in [3.05, 3.63) is 59.7 Å². The van der Waals surface area contributed by atoms with Crippen LogP contribution in [0, 0.1) is 0 Å². The lowest BCUT2D eigenvalue weighted by Gasteiger charge is -2.06. The van der Waals surface area contributed by atoms with Gasteiger partial charge in [0, 0.05) is 30.2 Å². The van der Waals surface area contributed by atoms with Crippen molar-refractivity contribution in [2.24, 2.45) is 0 Å². The number of carbonyl (C=O) groups excluding carboxylic acids is 2. The summed E-state index contributed by atoms with van der Waals surface area (Å²) in [5.74, 6) is -0.206. The van der Waals surface area contributed by atoms with E-state index in [9.17, 15) is 14.7 Å². The van der Waals surface area contributed by atoms with Crippen LogP contribution in [-0.4, -0.2) is 16.8 Å². The number of rotatable bonds is 6. The number of amides is 1. The highest BCUT2D eigenvalue weighted by Crippen LogP contribution is 2.16. The largest absolute Gasteiger partial charge is 0.508 e. The van der Waals surface area contributed by atoms with Gasteiger partial charge in [-0.25, -0.2) is 0 Å². The highest BCUT2D eigenvalue weighted by molar-refractivity contribution is 6.00. The molecule has 0 fully saturated rings. The van der Waals surface area contributed by atoms with E-state index in [1.807, 2.05) is 12.1 Å². The number of hydrogen-bond donors (Lipinski definition) is 2. The average Bonchev–Trinajstić information content (AvgIpc) is 2.52. The molecule has 0 spiro atoms. The minimum absolute atomic E-state index is 0.0475. The minimum atomic E-state index is -0.246. The van der Waals surface area contributed by atoms with E-state index in [4.69, 9.17) is 0 Å². The first-order chi connectivity index (χ1) is 10.6. The van der Waals surface area contributed by atoms with Gasteiger partial charge in [0.15, 0.2) is 5.78 Å². The van der Waals surface area contributed by atoms with Crippen molar-refractivity contribution in [3.63, 3.8) is 0 Å². The second-order valence-electron chi connectivity index (χ2n) is 5.07. The number of aryl methyl sites for hydroxylation is 1. The van der Waals surface area contributed by atoms with E-state index in [0.717, 1.165) is 6.42 Å². The average molecular weight is 297 g/mol. The molecule has 0 heterocycles. The Morgan fingerprint density at radius 3 is 2.41 bits per heavy atom. The summed E-state index contributed by atoms with van der Waals surface area (Å²) in [6, 6.07) is 13.8. The predicted molar refractivity (Wildman–Crippen MR) is 86.1 cm³/mol. The summed E-state index contributed by atoms with van der Waals surface area (Å²) in [4.78, 5) is 23.9. The van der Waals surface area contributed by atoms with E-state index in [1.54, 1.807) is 24.3 Å². The zero-order valence-corrected chi connectivity index (χ0v) is 12.5. The van der Waals surface area contributed by atoms with E-state index < -0.39 is 0 Å². The number of hydrogen-bond acceptors (Lipinski definition) is 3. The van der Waals surface area contributed by atoms with Crippen LogP contribution in [0.2, 0.25) is 0 Å². The van der Waals surface area contributed by atoms with Gasteiger partial charge in [-0.3, -0.25) is 9.59 Å². The molecule has 2 N–H and O–H groups in total. The fraction of sp³-hybridized carbons (Fsp3) is 0.222. The number of aromatic hydroxyl groups is 1. The third-order valence-corrected chi connectivity index (χ3v) is 3.39. The number of Topliss-reactive ketones (excluding diaryl/α,β-unsaturated/α-hetero) is 1. The summed E-state index contributed by atoms with van der Waals surface area (Å²) in [6.07, 6.45) is 1.21. The van der Waals surface area contributed by atoms with Crippen LogP contribution in [0.4, 0.5) is 5.69 Å². The third kappa shape index (κ3) is 4.45. The van der Waals surface area contributed by atoms with Crippen molar-refractivity contribution in [2.45, 2.75) is 26.2 Å². The number of phenols is 1. The number of benzene rings is 2. The normalized spacial score (nSPS) is 10.2. The maximum atomic E-state index is 12.0. The topological polar surface area (TPSA) is 66.4 Å². The van der Waals surface area contributed by atoms with Gasteiger partial charge in [0.05, 0.1) is 0 Å². The molecular formula is C18H19NO3. The Balaban J connectivity index is 1.86. The van der Waals surface area contributed by atoms with Gasteiger partial charge in [0.25, 0.3) is 0 Å². The van der Waals surface area contributed by atoms with Gasteiger partial charge in [0.1, 0.15) is 5.75 Å². The molecule has 0 aliphatic carbocycles. The van der Waals surface area contributed by atoms with Crippen molar-refractivity contribution in [2.75, 3.05) is 5.32 Å². The number of anilines is 1. The second kappa shape index (κ2) is 7.41. The maximum Gasteiger partial charge on any atom is 0.224 e. The fourth-order valence-corrected chi connectivity index (χ4v) is 2.10. The van der Waals surface area contributed by atoms with Gasteiger partial charge in [0.2, 0.25) is 5.91 Å². The first kappa shape index (κ1) is 15.8. The number of ketones is 1. The van der Waals surface area contributed by atoms with Gasteiger partial charge in [-0.15, -0.1) is 0 Å². The molecule has 114 valence electrons. The molecule has 0 aliphatic heterocycles. The Hall–Kier alpha value is -2.62. The molecule has 0 unspecified atom stereocenters. The van der Waals surface area contributed by atoms with Crippen LogP contribution in [0.3, 0.4) is 0 Å². The molecule has 0 aliphatic rings. The standard InChI is InChI=1S/C18H19NO3/c1-2-13-6-8-14(9-7-13)17(21)10-11-18(22)19-15-4-3-5-16(20)12-15/h3-9,12,20H,2,10-11H2,1H3,(H,19,22). The Labute approximate surface area is 129 Å². The maximum absolute atomic E-state index is 12.0. The summed E-state index contributed by atoms with van der Waals surface area (Å²) < 4.78 is 0. The summed E-state index contributed by atoms with van der Waals surface area (Å²) in [7, 11) is 0. The van der Waals surface area contributed by atoms with Crippen LogP contribution in [-0.2, 0) is 11.2 Å². The highest BCUT2D eigenvalue weighted by Gasteiger charge is 2.09. The van der Waals surface area contributed by atoms with E-state index in [1.165, 1.54) is 17.7 Å². The zero-order valence-electron chi connectivity index (χ0n) is 12.5.